The van der Waals surface area contributed by atoms with Crippen LogP contribution in [0.2, 0.25) is 5.02 Å². The summed E-state index contributed by atoms with van der Waals surface area (Å²) in [5.74, 6) is 0.609. The first-order valence-corrected chi connectivity index (χ1v) is 6.75. The van der Waals surface area contributed by atoms with Gasteiger partial charge in [-0.3, -0.25) is 4.68 Å². The van der Waals surface area contributed by atoms with Gasteiger partial charge in [0.25, 0.3) is 0 Å². The molecule has 0 aromatic carbocycles. The molecule has 0 spiro atoms. The summed E-state index contributed by atoms with van der Waals surface area (Å²) in [4.78, 5) is 0. The number of hydrogen-bond donors (Lipinski definition) is 1. The van der Waals surface area contributed by atoms with Crippen LogP contribution in [0.1, 0.15) is 44.5 Å². The fourth-order valence-corrected chi connectivity index (χ4v) is 3.21. The molecule has 1 aromatic rings. The normalized spacial score (nSPS) is 28.9. The summed E-state index contributed by atoms with van der Waals surface area (Å²) in [5.41, 5.74) is 1.32. The van der Waals surface area contributed by atoms with Gasteiger partial charge >= 0.3 is 0 Å². The first-order valence-electron chi connectivity index (χ1n) is 6.38. The highest BCUT2D eigenvalue weighted by Gasteiger charge is 2.37. The van der Waals surface area contributed by atoms with E-state index < -0.39 is 5.60 Å². The molecule has 1 fully saturated rings. The minimum absolute atomic E-state index is 0.581. The third kappa shape index (κ3) is 2.50. The number of halogens is 1. The molecule has 1 saturated carbocycles. The van der Waals surface area contributed by atoms with Gasteiger partial charge in [0, 0.05) is 13.5 Å². The van der Waals surface area contributed by atoms with E-state index in [9.17, 15) is 5.11 Å². The molecule has 96 valence electrons. The molecule has 0 bridgehead atoms. The molecule has 0 amide bonds. The number of aliphatic hydroxyl groups is 1. The van der Waals surface area contributed by atoms with Crippen molar-refractivity contribution in [2.75, 3.05) is 0 Å². The molecule has 1 N–H and O–H groups in total. The SMILES string of the molecule is CCc1nn(C)c(CC2(O)CCC(C)C2)c1Cl. The fourth-order valence-electron chi connectivity index (χ4n) is 2.85. The molecule has 2 rings (SSSR count). The molecule has 4 heteroatoms. The number of nitrogens with zero attached hydrogens (tertiary/aromatic N) is 2. The van der Waals surface area contributed by atoms with E-state index in [1.54, 1.807) is 0 Å². The van der Waals surface area contributed by atoms with Crippen molar-refractivity contribution < 1.29 is 5.11 Å². The van der Waals surface area contributed by atoms with Crippen LogP contribution >= 0.6 is 11.6 Å². The Bertz CT molecular complexity index is 416. The van der Waals surface area contributed by atoms with Crippen LogP contribution in [0.3, 0.4) is 0 Å². The van der Waals surface area contributed by atoms with E-state index >= 15 is 0 Å². The average molecular weight is 257 g/mol. The first kappa shape index (κ1) is 12.9. The molecule has 1 aliphatic carbocycles. The largest absolute Gasteiger partial charge is 0.389 e. The molecule has 0 radical (unpaired) electrons. The van der Waals surface area contributed by atoms with Crippen LogP contribution in [0.5, 0.6) is 0 Å². The zero-order chi connectivity index (χ0) is 12.6. The predicted molar refractivity (Wildman–Crippen MR) is 69.3 cm³/mol. The maximum atomic E-state index is 10.5. The molecule has 3 nitrogen and oxygen atoms in total. The van der Waals surface area contributed by atoms with Gasteiger partial charge in [-0.2, -0.15) is 5.10 Å². The van der Waals surface area contributed by atoms with E-state index in [-0.39, 0.29) is 0 Å². The van der Waals surface area contributed by atoms with Crippen molar-refractivity contribution in [2.24, 2.45) is 13.0 Å². The highest BCUT2D eigenvalue weighted by atomic mass is 35.5. The van der Waals surface area contributed by atoms with E-state index in [0.29, 0.717) is 12.3 Å². The topological polar surface area (TPSA) is 38.0 Å². The number of aromatic nitrogens is 2. The smallest absolute Gasteiger partial charge is 0.0850 e. The van der Waals surface area contributed by atoms with Crippen molar-refractivity contribution in [2.45, 2.75) is 51.6 Å². The van der Waals surface area contributed by atoms with Crippen LogP contribution in [0.4, 0.5) is 0 Å². The molecule has 1 aromatic heterocycles. The van der Waals surface area contributed by atoms with E-state index in [1.807, 2.05) is 18.7 Å². The van der Waals surface area contributed by atoms with Crippen molar-refractivity contribution in [3.05, 3.63) is 16.4 Å². The fraction of sp³-hybridized carbons (Fsp3) is 0.769. The Hall–Kier alpha value is -0.540. The van der Waals surface area contributed by atoms with E-state index in [0.717, 1.165) is 42.1 Å². The van der Waals surface area contributed by atoms with Gasteiger partial charge in [0.1, 0.15) is 0 Å². The molecule has 17 heavy (non-hydrogen) atoms. The summed E-state index contributed by atoms with van der Waals surface area (Å²) in [5, 5.41) is 15.7. The lowest BCUT2D eigenvalue weighted by atomic mass is 9.94. The highest BCUT2D eigenvalue weighted by molar-refractivity contribution is 6.31. The van der Waals surface area contributed by atoms with Gasteiger partial charge in [-0.1, -0.05) is 25.4 Å². The van der Waals surface area contributed by atoms with Gasteiger partial charge in [0.15, 0.2) is 0 Å². The van der Waals surface area contributed by atoms with Crippen molar-refractivity contribution >= 4 is 11.6 Å². The third-order valence-electron chi connectivity index (χ3n) is 3.83. The molecule has 0 aliphatic heterocycles. The second kappa shape index (κ2) is 4.62. The Morgan fingerprint density at radius 1 is 1.59 bits per heavy atom. The summed E-state index contributed by atoms with van der Waals surface area (Å²) >= 11 is 6.31. The summed E-state index contributed by atoms with van der Waals surface area (Å²) in [6.45, 7) is 4.24. The lowest BCUT2D eigenvalue weighted by molar-refractivity contribution is 0.0428. The monoisotopic (exact) mass is 256 g/mol. The molecule has 2 atom stereocenters. The van der Waals surface area contributed by atoms with Gasteiger partial charge in [0.2, 0.25) is 0 Å². The molecule has 2 unspecified atom stereocenters. The van der Waals surface area contributed by atoms with Gasteiger partial charge in [0.05, 0.1) is 22.0 Å². The minimum atomic E-state index is -0.581. The average Bonchev–Trinajstić information content (AvgIpc) is 2.73. The first-order chi connectivity index (χ1) is 7.95. The Morgan fingerprint density at radius 3 is 2.76 bits per heavy atom. The van der Waals surface area contributed by atoms with Crippen LogP contribution in [0.25, 0.3) is 0 Å². The maximum absolute atomic E-state index is 10.5. The van der Waals surface area contributed by atoms with Crippen molar-refractivity contribution in [1.29, 1.82) is 0 Å². The van der Waals surface area contributed by atoms with Crippen LogP contribution in [0.15, 0.2) is 0 Å². The Labute approximate surface area is 108 Å². The number of aryl methyl sites for hydroxylation is 2. The lowest BCUT2D eigenvalue weighted by Crippen LogP contribution is -2.29. The molecular weight excluding hydrogens is 236 g/mol. The number of hydrogen-bond acceptors (Lipinski definition) is 2. The zero-order valence-electron chi connectivity index (χ0n) is 10.8. The minimum Gasteiger partial charge on any atom is -0.389 e. The van der Waals surface area contributed by atoms with Crippen molar-refractivity contribution in [3.63, 3.8) is 0 Å². The number of rotatable bonds is 3. The van der Waals surface area contributed by atoms with Gasteiger partial charge in [-0.15, -0.1) is 0 Å². The van der Waals surface area contributed by atoms with Crippen molar-refractivity contribution in [3.8, 4) is 0 Å². The van der Waals surface area contributed by atoms with Crippen molar-refractivity contribution in [1.82, 2.24) is 9.78 Å². The van der Waals surface area contributed by atoms with E-state index in [2.05, 4.69) is 12.0 Å². The van der Waals surface area contributed by atoms with Crippen LogP contribution < -0.4 is 0 Å². The molecular formula is C13H21ClN2O. The van der Waals surface area contributed by atoms with Crippen LogP contribution in [0, 0.1) is 5.92 Å². The van der Waals surface area contributed by atoms with Gasteiger partial charge in [-0.25, -0.2) is 0 Å². The van der Waals surface area contributed by atoms with Gasteiger partial charge < -0.3 is 5.11 Å². The lowest BCUT2D eigenvalue weighted by Gasteiger charge is -2.22. The molecule has 1 aliphatic rings. The summed E-state index contributed by atoms with van der Waals surface area (Å²) in [6.07, 6.45) is 4.31. The third-order valence-corrected chi connectivity index (χ3v) is 4.27. The standard InChI is InChI=1S/C13H21ClN2O/c1-4-10-12(14)11(16(3)15-10)8-13(17)6-5-9(2)7-13/h9,17H,4-8H2,1-3H3. The summed E-state index contributed by atoms with van der Waals surface area (Å²) in [6, 6.07) is 0. The summed E-state index contributed by atoms with van der Waals surface area (Å²) < 4.78 is 1.82. The second-order valence-corrected chi connectivity index (χ2v) is 5.81. The Balaban J connectivity index is 2.21. The predicted octanol–water partition coefficient (Wildman–Crippen LogP) is 2.73. The zero-order valence-corrected chi connectivity index (χ0v) is 11.6. The molecule has 0 saturated heterocycles. The second-order valence-electron chi connectivity index (χ2n) is 5.43. The van der Waals surface area contributed by atoms with Crippen LogP contribution in [-0.2, 0) is 19.9 Å². The van der Waals surface area contributed by atoms with E-state index in [1.165, 1.54) is 0 Å². The van der Waals surface area contributed by atoms with Crippen LogP contribution in [-0.4, -0.2) is 20.5 Å². The maximum Gasteiger partial charge on any atom is 0.0850 e. The van der Waals surface area contributed by atoms with E-state index in [4.69, 9.17) is 11.6 Å². The quantitative estimate of drug-likeness (QED) is 0.903. The Kier molecular flexibility index (Phi) is 3.50. The summed E-state index contributed by atoms with van der Waals surface area (Å²) in [7, 11) is 1.90. The Morgan fingerprint density at radius 2 is 2.29 bits per heavy atom. The molecule has 1 heterocycles. The van der Waals surface area contributed by atoms with Gasteiger partial charge in [-0.05, 0) is 31.6 Å². The highest BCUT2D eigenvalue weighted by Crippen LogP contribution is 2.38.